The van der Waals surface area contributed by atoms with Crippen LogP contribution in [0.25, 0.3) is 0 Å². The van der Waals surface area contributed by atoms with Crippen LogP contribution in [0, 0.1) is 0 Å². The van der Waals surface area contributed by atoms with Crippen molar-refractivity contribution in [3.8, 4) is 0 Å². The molecule has 25 heavy (non-hydrogen) atoms. The summed E-state index contributed by atoms with van der Waals surface area (Å²) in [4.78, 5) is 11.7. The van der Waals surface area contributed by atoms with E-state index in [1.54, 1.807) is 13.0 Å². The monoisotopic (exact) mass is 345 g/mol. The Kier molecular flexibility index (Phi) is 14.5. The van der Waals surface area contributed by atoms with E-state index in [4.69, 9.17) is 0 Å². The number of nitrogens with one attached hydrogen (secondary N) is 1. The number of aliphatic hydroxyl groups is 1. The summed E-state index contributed by atoms with van der Waals surface area (Å²) in [5.41, 5.74) is -0.831. The molecular formula is C22H35NO2. The lowest BCUT2D eigenvalue weighted by molar-refractivity contribution is -0.117. The molecule has 3 nitrogen and oxygen atoms in total. The highest BCUT2D eigenvalue weighted by atomic mass is 16.3. The van der Waals surface area contributed by atoms with E-state index in [-0.39, 0.29) is 12.5 Å². The molecule has 0 aliphatic heterocycles. The van der Waals surface area contributed by atoms with E-state index in [0.29, 0.717) is 6.42 Å². The molecule has 0 fully saturated rings. The van der Waals surface area contributed by atoms with Gasteiger partial charge in [-0.05, 0) is 33.1 Å². The summed E-state index contributed by atoms with van der Waals surface area (Å²) in [7, 11) is 0. The molecule has 0 aromatic carbocycles. The Bertz CT molecular complexity index is 482. The molecule has 0 heterocycles. The van der Waals surface area contributed by atoms with Crippen molar-refractivity contribution in [2.24, 2.45) is 0 Å². The number of hydrogen-bond donors (Lipinski definition) is 2. The summed E-state index contributed by atoms with van der Waals surface area (Å²) in [5.74, 6) is -0.172. The fraction of sp³-hybridized carbons (Fsp3) is 0.500. The normalized spacial score (nSPS) is 15.2. The highest BCUT2D eigenvalue weighted by molar-refractivity contribution is 5.87. The quantitative estimate of drug-likeness (QED) is 0.280. The Morgan fingerprint density at radius 3 is 2.28 bits per heavy atom. The van der Waals surface area contributed by atoms with Crippen LogP contribution in [0.3, 0.4) is 0 Å². The molecule has 0 aromatic rings. The van der Waals surface area contributed by atoms with Gasteiger partial charge in [-0.1, -0.05) is 80.9 Å². The molecule has 0 saturated carbocycles. The van der Waals surface area contributed by atoms with Gasteiger partial charge in [-0.3, -0.25) is 4.79 Å². The fourth-order valence-corrected chi connectivity index (χ4v) is 2.11. The highest BCUT2D eigenvalue weighted by Crippen LogP contribution is 2.13. The Labute approximate surface area is 153 Å². The van der Waals surface area contributed by atoms with Crippen molar-refractivity contribution < 1.29 is 9.90 Å². The maximum Gasteiger partial charge on any atom is 0.244 e. The third-order valence-electron chi connectivity index (χ3n) is 3.62. The standard InChI is InChI=1S/C22H35NO2/c1-4-6-8-9-10-11-12-13-14-15-16-18-21(24)23-20-22(3,25)19-17-7-5-2/h4,6,8-11,14-16,18,25H,5,7,12-13,17,19-20H2,1-3H3,(H,23,24). The third kappa shape index (κ3) is 16.8. The van der Waals surface area contributed by atoms with Crippen molar-refractivity contribution in [2.75, 3.05) is 6.54 Å². The zero-order valence-corrected chi connectivity index (χ0v) is 16.1. The molecule has 0 spiro atoms. The van der Waals surface area contributed by atoms with E-state index in [9.17, 15) is 9.90 Å². The van der Waals surface area contributed by atoms with Gasteiger partial charge in [-0.15, -0.1) is 0 Å². The molecule has 0 rings (SSSR count). The van der Waals surface area contributed by atoms with Crippen LogP contribution in [0.2, 0.25) is 0 Å². The van der Waals surface area contributed by atoms with Crippen molar-refractivity contribution in [3.05, 3.63) is 60.8 Å². The van der Waals surface area contributed by atoms with Crippen LogP contribution in [0.15, 0.2) is 60.8 Å². The summed E-state index contributed by atoms with van der Waals surface area (Å²) in [6.07, 6.45) is 25.1. The maximum atomic E-state index is 11.7. The minimum absolute atomic E-state index is 0.172. The van der Waals surface area contributed by atoms with Gasteiger partial charge in [0.15, 0.2) is 0 Å². The number of carbonyl (C=O) groups is 1. The molecule has 2 N–H and O–H groups in total. The van der Waals surface area contributed by atoms with E-state index in [1.807, 2.05) is 49.5 Å². The largest absolute Gasteiger partial charge is 0.388 e. The molecule has 0 aliphatic carbocycles. The van der Waals surface area contributed by atoms with Gasteiger partial charge in [0.25, 0.3) is 0 Å². The molecule has 0 radical (unpaired) electrons. The van der Waals surface area contributed by atoms with Crippen LogP contribution >= 0.6 is 0 Å². The van der Waals surface area contributed by atoms with Gasteiger partial charge in [0.05, 0.1) is 5.60 Å². The topological polar surface area (TPSA) is 49.3 Å². The first kappa shape index (κ1) is 23.1. The molecule has 0 aromatic heterocycles. The first-order valence-electron chi connectivity index (χ1n) is 9.29. The lowest BCUT2D eigenvalue weighted by Crippen LogP contribution is -2.40. The highest BCUT2D eigenvalue weighted by Gasteiger charge is 2.19. The average Bonchev–Trinajstić information content (AvgIpc) is 2.58. The van der Waals surface area contributed by atoms with Crippen LogP contribution in [0.1, 0.15) is 59.3 Å². The summed E-state index contributed by atoms with van der Waals surface area (Å²) < 4.78 is 0. The number of carbonyl (C=O) groups excluding carboxylic acids is 1. The SMILES string of the molecule is CC=CC=CC=CCCC=CC=CC(=O)NCC(C)(O)CCCCC. The van der Waals surface area contributed by atoms with Gasteiger partial charge < -0.3 is 10.4 Å². The lowest BCUT2D eigenvalue weighted by Gasteiger charge is -2.23. The number of unbranched alkanes of at least 4 members (excludes halogenated alkanes) is 3. The van der Waals surface area contributed by atoms with Crippen LogP contribution in [-0.4, -0.2) is 23.2 Å². The van der Waals surface area contributed by atoms with Gasteiger partial charge in [-0.2, -0.15) is 0 Å². The second-order valence-electron chi connectivity index (χ2n) is 6.38. The molecule has 0 bridgehead atoms. The van der Waals surface area contributed by atoms with Crippen LogP contribution < -0.4 is 5.32 Å². The van der Waals surface area contributed by atoms with E-state index in [0.717, 1.165) is 32.1 Å². The van der Waals surface area contributed by atoms with Crippen LogP contribution in [0.4, 0.5) is 0 Å². The number of amides is 1. The Balaban J connectivity index is 3.88. The van der Waals surface area contributed by atoms with E-state index in [1.165, 1.54) is 6.08 Å². The van der Waals surface area contributed by atoms with Crippen molar-refractivity contribution in [1.29, 1.82) is 0 Å². The predicted molar refractivity (Wildman–Crippen MR) is 108 cm³/mol. The second kappa shape index (κ2) is 15.6. The molecule has 1 unspecified atom stereocenters. The number of allylic oxidation sites excluding steroid dienone is 9. The molecule has 140 valence electrons. The smallest absolute Gasteiger partial charge is 0.244 e. The predicted octanol–water partition coefficient (Wildman–Crippen LogP) is 5.02. The van der Waals surface area contributed by atoms with Gasteiger partial charge >= 0.3 is 0 Å². The second-order valence-corrected chi connectivity index (χ2v) is 6.38. The summed E-state index contributed by atoms with van der Waals surface area (Å²) in [6.45, 7) is 6.18. The van der Waals surface area contributed by atoms with Gasteiger partial charge in [0, 0.05) is 12.6 Å². The van der Waals surface area contributed by atoms with E-state index >= 15 is 0 Å². The third-order valence-corrected chi connectivity index (χ3v) is 3.62. The van der Waals surface area contributed by atoms with Gasteiger partial charge in [0.2, 0.25) is 5.91 Å². The first-order valence-corrected chi connectivity index (χ1v) is 9.29. The summed E-state index contributed by atoms with van der Waals surface area (Å²) in [6, 6.07) is 0. The van der Waals surface area contributed by atoms with Gasteiger partial charge in [-0.25, -0.2) is 0 Å². The van der Waals surface area contributed by atoms with Crippen LogP contribution in [0.5, 0.6) is 0 Å². The zero-order chi connectivity index (χ0) is 18.8. The maximum absolute atomic E-state index is 11.7. The molecular weight excluding hydrogens is 310 g/mol. The minimum atomic E-state index is -0.831. The molecule has 1 atom stereocenters. The molecule has 3 heteroatoms. The Morgan fingerprint density at radius 2 is 1.64 bits per heavy atom. The molecule has 0 aliphatic rings. The molecule has 0 saturated heterocycles. The van der Waals surface area contributed by atoms with Gasteiger partial charge in [0.1, 0.15) is 0 Å². The fourth-order valence-electron chi connectivity index (χ4n) is 2.11. The summed E-state index contributed by atoms with van der Waals surface area (Å²) in [5, 5.41) is 12.9. The summed E-state index contributed by atoms with van der Waals surface area (Å²) >= 11 is 0. The first-order chi connectivity index (χ1) is 12.0. The molecule has 1 amide bonds. The van der Waals surface area contributed by atoms with E-state index in [2.05, 4.69) is 18.3 Å². The van der Waals surface area contributed by atoms with Crippen molar-refractivity contribution in [2.45, 2.75) is 64.9 Å². The van der Waals surface area contributed by atoms with Crippen LogP contribution in [-0.2, 0) is 4.79 Å². The lowest BCUT2D eigenvalue weighted by atomic mass is 9.98. The van der Waals surface area contributed by atoms with Crippen molar-refractivity contribution in [3.63, 3.8) is 0 Å². The van der Waals surface area contributed by atoms with E-state index < -0.39 is 5.60 Å². The average molecular weight is 346 g/mol. The minimum Gasteiger partial charge on any atom is -0.388 e. The number of rotatable bonds is 13. The Hall–Kier alpha value is -1.87. The van der Waals surface area contributed by atoms with Crippen molar-refractivity contribution >= 4 is 5.91 Å². The van der Waals surface area contributed by atoms with Crippen molar-refractivity contribution in [1.82, 2.24) is 5.32 Å². The zero-order valence-electron chi connectivity index (χ0n) is 16.1. The Morgan fingerprint density at radius 1 is 1.00 bits per heavy atom. The number of hydrogen-bond acceptors (Lipinski definition) is 2.